The smallest absolute Gasteiger partial charge is 0.221 e. The van der Waals surface area contributed by atoms with Crippen molar-refractivity contribution in [3.63, 3.8) is 0 Å². The molecule has 4 nitrogen and oxygen atoms in total. The van der Waals surface area contributed by atoms with Crippen LogP contribution in [0.2, 0.25) is 0 Å². The SMILES string of the molecule is CCNC(C)C1CCN(CCC(=O)NC2CC2)CC1. The fourth-order valence-corrected chi connectivity index (χ4v) is 2.95. The normalized spacial score (nSPS) is 23.3. The van der Waals surface area contributed by atoms with Gasteiger partial charge in [-0.1, -0.05) is 6.92 Å². The van der Waals surface area contributed by atoms with Crippen molar-refractivity contribution in [2.24, 2.45) is 5.92 Å². The molecule has 0 aromatic heterocycles. The van der Waals surface area contributed by atoms with Crippen molar-refractivity contribution >= 4 is 5.91 Å². The van der Waals surface area contributed by atoms with Gasteiger partial charge in [0.15, 0.2) is 0 Å². The van der Waals surface area contributed by atoms with E-state index in [0.29, 0.717) is 18.5 Å². The lowest BCUT2D eigenvalue weighted by Crippen LogP contribution is -2.42. The number of piperidine rings is 1. The molecule has 110 valence electrons. The molecule has 1 amide bonds. The maximum atomic E-state index is 11.6. The first-order valence-electron chi connectivity index (χ1n) is 7.94. The van der Waals surface area contributed by atoms with Crippen LogP contribution in [0.1, 0.15) is 46.0 Å². The van der Waals surface area contributed by atoms with E-state index in [-0.39, 0.29) is 5.91 Å². The van der Waals surface area contributed by atoms with Crippen LogP contribution in [0.5, 0.6) is 0 Å². The second kappa shape index (κ2) is 7.25. The van der Waals surface area contributed by atoms with Gasteiger partial charge < -0.3 is 15.5 Å². The molecule has 1 saturated heterocycles. The predicted molar refractivity (Wildman–Crippen MR) is 78.1 cm³/mol. The first-order chi connectivity index (χ1) is 9.19. The van der Waals surface area contributed by atoms with Crippen molar-refractivity contribution < 1.29 is 4.79 Å². The molecule has 2 aliphatic rings. The van der Waals surface area contributed by atoms with Gasteiger partial charge in [-0.25, -0.2) is 0 Å². The average Bonchev–Trinajstić information content (AvgIpc) is 3.21. The lowest BCUT2D eigenvalue weighted by atomic mass is 9.90. The van der Waals surface area contributed by atoms with Gasteiger partial charge in [-0.15, -0.1) is 0 Å². The molecule has 2 N–H and O–H groups in total. The molecular weight excluding hydrogens is 238 g/mol. The summed E-state index contributed by atoms with van der Waals surface area (Å²) >= 11 is 0. The van der Waals surface area contributed by atoms with Crippen LogP contribution in [-0.2, 0) is 4.79 Å². The van der Waals surface area contributed by atoms with Crippen molar-refractivity contribution in [1.29, 1.82) is 0 Å². The highest BCUT2D eigenvalue weighted by Crippen LogP contribution is 2.21. The highest BCUT2D eigenvalue weighted by atomic mass is 16.1. The Morgan fingerprint density at radius 3 is 2.53 bits per heavy atom. The van der Waals surface area contributed by atoms with Gasteiger partial charge in [0, 0.05) is 25.0 Å². The zero-order valence-electron chi connectivity index (χ0n) is 12.5. The first kappa shape index (κ1) is 14.8. The molecule has 1 heterocycles. The quantitative estimate of drug-likeness (QED) is 0.732. The van der Waals surface area contributed by atoms with Crippen molar-refractivity contribution in [3.05, 3.63) is 0 Å². The summed E-state index contributed by atoms with van der Waals surface area (Å²) in [4.78, 5) is 14.1. The molecule has 1 saturated carbocycles. The molecule has 2 rings (SSSR count). The molecule has 0 aromatic rings. The Morgan fingerprint density at radius 2 is 1.95 bits per heavy atom. The zero-order valence-corrected chi connectivity index (χ0v) is 12.5. The largest absolute Gasteiger partial charge is 0.353 e. The second-order valence-electron chi connectivity index (χ2n) is 6.12. The fraction of sp³-hybridized carbons (Fsp3) is 0.933. The van der Waals surface area contributed by atoms with E-state index in [4.69, 9.17) is 0 Å². The monoisotopic (exact) mass is 267 g/mol. The van der Waals surface area contributed by atoms with E-state index in [0.717, 1.165) is 32.1 Å². The third-order valence-electron chi connectivity index (χ3n) is 4.46. The van der Waals surface area contributed by atoms with Crippen LogP contribution >= 0.6 is 0 Å². The summed E-state index contributed by atoms with van der Waals surface area (Å²) in [5, 5.41) is 6.59. The molecule has 1 aliphatic carbocycles. The van der Waals surface area contributed by atoms with Gasteiger partial charge in [-0.05, 0) is 58.2 Å². The Balaban J connectivity index is 1.58. The third-order valence-corrected chi connectivity index (χ3v) is 4.46. The Labute approximate surface area is 117 Å². The molecule has 1 aliphatic heterocycles. The van der Waals surface area contributed by atoms with Gasteiger partial charge in [-0.3, -0.25) is 4.79 Å². The molecule has 1 atom stereocenters. The van der Waals surface area contributed by atoms with E-state index in [1.54, 1.807) is 0 Å². The maximum absolute atomic E-state index is 11.6. The number of likely N-dealkylation sites (tertiary alicyclic amines) is 1. The van der Waals surface area contributed by atoms with Gasteiger partial charge >= 0.3 is 0 Å². The van der Waals surface area contributed by atoms with Crippen LogP contribution in [0.15, 0.2) is 0 Å². The van der Waals surface area contributed by atoms with Gasteiger partial charge in [0.05, 0.1) is 0 Å². The van der Waals surface area contributed by atoms with Crippen molar-refractivity contribution in [2.75, 3.05) is 26.2 Å². The molecule has 0 aromatic carbocycles. The molecule has 2 fully saturated rings. The van der Waals surface area contributed by atoms with Gasteiger partial charge in [0.2, 0.25) is 5.91 Å². The van der Waals surface area contributed by atoms with Gasteiger partial charge in [-0.2, -0.15) is 0 Å². The highest BCUT2D eigenvalue weighted by Gasteiger charge is 2.25. The zero-order chi connectivity index (χ0) is 13.7. The molecule has 1 unspecified atom stereocenters. The Morgan fingerprint density at radius 1 is 1.26 bits per heavy atom. The number of rotatable bonds is 7. The summed E-state index contributed by atoms with van der Waals surface area (Å²) < 4.78 is 0. The Hall–Kier alpha value is -0.610. The van der Waals surface area contributed by atoms with Crippen LogP contribution < -0.4 is 10.6 Å². The number of nitrogens with zero attached hydrogens (tertiary/aromatic N) is 1. The molecule has 0 radical (unpaired) electrons. The number of carbonyl (C=O) groups excluding carboxylic acids is 1. The van der Waals surface area contributed by atoms with E-state index in [2.05, 4.69) is 29.4 Å². The number of hydrogen-bond acceptors (Lipinski definition) is 3. The molecule has 4 heteroatoms. The summed E-state index contributed by atoms with van der Waals surface area (Å²) in [5.41, 5.74) is 0. The van der Waals surface area contributed by atoms with Crippen LogP contribution in [0.4, 0.5) is 0 Å². The number of hydrogen-bond donors (Lipinski definition) is 2. The van der Waals surface area contributed by atoms with E-state index in [9.17, 15) is 4.79 Å². The van der Waals surface area contributed by atoms with E-state index in [1.165, 1.54) is 25.7 Å². The number of amides is 1. The number of carbonyl (C=O) groups is 1. The lowest BCUT2D eigenvalue weighted by Gasteiger charge is -2.35. The standard InChI is InChI=1S/C15H29N3O/c1-3-16-12(2)13-6-9-18(10-7-13)11-8-15(19)17-14-4-5-14/h12-14,16H,3-11H2,1-2H3,(H,17,19). The van der Waals surface area contributed by atoms with Crippen LogP contribution in [0.25, 0.3) is 0 Å². The Bertz CT molecular complexity index is 283. The summed E-state index contributed by atoms with van der Waals surface area (Å²) in [5.74, 6) is 1.04. The van der Waals surface area contributed by atoms with Crippen LogP contribution in [-0.4, -0.2) is 49.1 Å². The average molecular weight is 267 g/mol. The lowest BCUT2D eigenvalue weighted by molar-refractivity contribution is -0.121. The summed E-state index contributed by atoms with van der Waals surface area (Å²) in [6.45, 7) is 8.76. The molecular formula is C15H29N3O. The Kier molecular flexibility index (Phi) is 5.64. The van der Waals surface area contributed by atoms with Crippen molar-refractivity contribution in [3.8, 4) is 0 Å². The van der Waals surface area contributed by atoms with Crippen LogP contribution in [0.3, 0.4) is 0 Å². The topological polar surface area (TPSA) is 44.4 Å². The summed E-state index contributed by atoms with van der Waals surface area (Å²) in [6.07, 6.45) is 5.56. The minimum absolute atomic E-state index is 0.241. The van der Waals surface area contributed by atoms with Crippen LogP contribution in [0, 0.1) is 5.92 Å². The minimum Gasteiger partial charge on any atom is -0.353 e. The third kappa shape index (κ3) is 5.11. The van der Waals surface area contributed by atoms with Crippen molar-refractivity contribution in [2.45, 2.75) is 58.0 Å². The second-order valence-corrected chi connectivity index (χ2v) is 6.12. The first-order valence-corrected chi connectivity index (χ1v) is 7.94. The van der Waals surface area contributed by atoms with Gasteiger partial charge in [0.1, 0.15) is 0 Å². The number of nitrogens with one attached hydrogen (secondary N) is 2. The highest BCUT2D eigenvalue weighted by molar-refractivity contribution is 5.76. The van der Waals surface area contributed by atoms with Crippen molar-refractivity contribution in [1.82, 2.24) is 15.5 Å². The van der Waals surface area contributed by atoms with Gasteiger partial charge in [0.25, 0.3) is 0 Å². The molecule has 19 heavy (non-hydrogen) atoms. The minimum atomic E-state index is 0.241. The predicted octanol–water partition coefficient (Wildman–Crippen LogP) is 1.37. The molecule has 0 bridgehead atoms. The van der Waals surface area contributed by atoms with E-state index < -0.39 is 0 Å². The van der Waals surface area contributed by atoms with E-state index >= 15 is 0 Å². The maximum Gasteiger partial charge on any atom is 0.221 e. The summed E-state index contributed by atoms with van der Waals surface area (Å²) in [7, 11) is 0. The van der Waals surface area contributed by atoms with E-state index in [1.807, 2.05) is 0 Å². The fourth-order valence-electron chi connectivity index (χ4n) is 2.95. The molecule has 0 spiro atoms. The summed E-state index contributed by atoms with van der Waals surface area (Å²) in [6, 6.07) is 1.13.